The summed E-state index contributed by atoms with van der Waals surface area (Å²) in [4.78, 5) is 4.54. The fraction of sp³-hybridized carbons (Fsp3) is 0.769. The van der Waals surface area contributed by atoms with Crippen molar-refractivity contribution in [3.05, 3.63) is 17.7 Å². The highest BCUT2D eigenvalue weighted by atomic mass is 15.1. The SMILES string of the molecule is Cn1cnc2c1C(C1CCCC1)NC(CN)C2. The summed E-state index contributed by atoms with van der Waals surface area (Å²) in [6, 6.07) is 0.880. The van der Waals surface area contributed by atoms with E-state index in [4.69, 9.17) is 5.73 Å². The number of hydrogen-bond donors (Lipinski definition) is 2. The van der Waals surface area contributed by atoms with E-state index >= 15 is 0 Å². The van der Waals surface area contributed by atoms with Gasteiger partial charge in [-0.15, -0.1) is 0 Å². The normalized spacial score (nSPS) is 29.5. The van der Waals surface area contributed by atoms with E-state index in [9.17, 15) is 0 Å². The van der Waals surface area contributed by atoms with Gasteiger partial charge < -0.3 is 15.6 Å². The van der Waals surface area contributed by atoms with E-state index in [0.29, 0.717) is 18.6 Å². The fourth-order valence-electron chi connectivity index (χ4n) is 3.47. The van der Waals surface area contributed by atoms with E-state index in [1.165, 1.54) is 37.1 Å². The highest BCUT2D eigenvalue weighted by Crippen LogP contribution is 2.38. The third kappa shape index (κ3) is 1.89. The molecule has 1 saturated carbocycles. The molecular formula is C13H22N4. The molecule has 2 heterocycles. The number of aromatic nitrogens is 2. The standard InChI is InChI=1S/C13H22N4/c1-17-8-15-11-6-10(7-14)16-12(13(11)17)9-4-2-3-5-9/h8-10,12,16H,2-7,14H2,1H3. The number of rotatable bonds is 2. The molecule has 1 aliphatic heterocycles. The Morgan fingerprint density at radius 3 is 2.94 bits per heavy atom. The highest BCUT2D eigenvalue weighted by molar-refractivity contribution is 5.23. The zero-order valence-electron chi connectivity index (χ0n) is 10.5. The van der Waals surface area contributed by atoms with Crippen molar-refractivity contribution in [2.45, 2.75) is 44.2 Å². The van der Waals surface area contributed by atoms with Crippen molar-refractivity contribution in [3.8, 4) is 0 Å². The number of nitrogens with one attached hydrogen (secondary N) is 1. The molecule has 2 aliphatic rings. The van der Waals surface area contributed by atoms with E-state index in [2.05, 4.69) is 21.9 Å². The van der Waals surface area contributed by atoms with Gasteiger partial charge in [-0.2, -0.15) is 0 Å². The predicted molar refractivity (Wildman–Crippen MR) is 67.6 cm³/mol. The maximum absolute atomic E-state index is 5.83. The minimum absolute atomic E-state index is 0.406. The molecule has 0 amide bonds. The van der Waals surface area contributed by atoms with Crippen molar-refractivity contribution in [1.29, 1.82) is 0 Å². The number of hydrogen-bond acceptors (Lipinski definition) is 3. The molecule has 1 aliphatic carbocycles. The highest BCUT2D eigenvalue weighted by Gasteiger charge is 2.35. The van der Waals surface area contributed by atoms with Crippen LogP contribution in [0.4, 0.5) is 0 Å². The van der Waals surface area contributed by atoms with Gasteiger partial charge in [0.15, 0.2) is 0 Å². The van der Waals surface area contributed by atoms with Crippen LogP contribution < -0.4 is 11.1 Å². The van der Waals surface area contributed by atoms with Crippen LogP contribution in [-0.4, -0.2) is 22.1 Å². The van der Waals surface area contributed by atoms with E-state index < -0.39 is 0 Å². The number of imidazole rings is 1. The van der Waals surface area contributed by atoms with Gasteiger partial charge in [0.1, 0.15) is 0 Å². The van der Waals surface area contributed by atoms with Crippen molar-refractivity contribution in [3.63, 3.8) is 0 Å². The second-order valence-electron chi connectivity index (χ2n) is 5.51. The molecule has 0 bridgehead atoms. The van der Waals surface area contributed by atoms with Gasteiger partial charge in [-0.05, 0) is 18.8 Å². The van der Waals surface area contributed by atoms with E-state index in [0.717, 1.165) is 12.3 Å². The first-order valence-electron chi connectivity index (χ1n) is 6.75. The first-order chi connectivity index (χ1) is 8.29. The Morgan fingerprint density at radius 1 is 1.47 bits per heavy atom. The maximum atomic E-state index is 5.83. The minimum atomic E-state index is 0.406. The third-order valence-corrected chi connectivity index (χ3v) is 4.37. The second-order valence-corrected chi connectivity index (χ2v) is 5.51. The van der Waals surface area contributed by atoms with Crippen LogP contribution in [0.25, 0.3) is 0 Å². The Balaban J connectivity index is 1.93. The number of nitrogens with zero attached hydrogens (tertiary/aromatic N) is 2. The molecule has 1 aromatic rings. The van der Waals surface area contributed by atoms with Gasteiger partial charge in [0.2, 0.25) is 0 Å². The number of nitrogens with two attached hydrogens (primary N) is 1. The first kappa shape index (κ1) is 11.2. The molecule has 94 valence electrons. The van der Waals surface area contributed by atoms with Crippen molar-refractivity contribution >= 4 is 0 Å². The second kappa shape index (κ2) is 4.42. The molecule has 0 radical (unpaired) electrons. The molecule has 0 aromatic carbocycles. The lowest BCUT2D eigenvalue weighted by Crippen LogP contribution is -2.46. The fourth-order valence-corrected chi connectivity index (χ4v) is 3.47. The lowest BCUT2D eigenvalue weighted by molar-refractivity contribution is 0.296. The predicted octanol–water partition coefficient (Wildman–Crippen LogP) is 1.12. The van der Waals surface area contributed by atoms with Gasteiger partial charge in [-0.1, -0.05) is 12.8 Å². The molecule has 1 fully saturated rings. The minimum Gasteiger partial charge on any atom is -0.336 e. The van der Waals surface area contributed by atoms with Crippen LogP contribution in [0.1, 0.15) is 43.1 Å². The van der Waals surface area contributed by atoms with Gasteiger partial charge in [0.25, 0.3) is 0 Å². The van der Waals surface area contributed by atoms with Gasteiger partial charge in [0, 0.05) is 26.1 Å². The van der Waals surface area contributed by atoms with E-state index in [1.54, 1.807) is 0 Å². The van der Waals surface area contributed by atoms with Crippen LogP contribution >= 0.6 is 0 Å². The smallest absolute Gasteiger partial charge is 0.0949 e. The maximum Gasteiger partial charge on any atom is 0.0949 e. The van der Waals surface area contributed by atoms with Gasteiger partial charge >= 0.3 is 0 Å². The van der Waals surface area contributed by atoms with Crippen molar-refractivity contribution in [2.24, 2.45) is 18.7 Å². The Bertz CT molecular complexity index is 392. The Labute approximate surface area is 103 Å². The molecule has 3 N–H and O–H groups in total. The molecular weight excluding hydrogens is 212 g/mol. The number of aryl methyl sites for hydroxylation is 1. The lowest BCUT2D eigenvalue weighted by Gasteiger charge is -2.34. The summed E-state index contributed by atoms with van der Waals surface area (Å²) in [5, 5.41) is 3.74. The van der Waals surface area contributed by atoms with Gasteiger partial charge in [-0.25, -0.2) is 4.98 Å². The molecule has 4 nitrogen and oxygen atoms in total. The van der Waals surface area contributed by atoms with E-state index in [-0.39, 0.29) is 0 Å². The summed E-state index contributed by atoms with van der Waals surface area (Å²) >= 11 is 0. The van der Waals surface area contributed by atoms with Crippen LogP contribution in [0.3, 0.4) is 0 Å². The van der Waals surface area contributed by atoms with Crippen LogP contribution in [0, 0.1) is 5.92 Å². The lowest BCUT2D eigenvalue weighted by atomic mass is 9.88. The van der Waals surface area contributed by atoms with E-state index in [1.807, 2.05) is 6.33 Å². The summed E-state index contributed by atoms with van der Waals surface area (Å²) in [7, 11) is 2.11. The van der Waals surface area contributed by atoms with Crippen molar-refractivity contribution in [1.82, 2.24) is 14.9 Å². The summed E-state index contributed by atoms with van der Waals surface area (Å²) in [5.41, 5.74) is 8.50. The summed E-state index contributed by atoms with van der Waals surface area (Å²) < 4.78 is 2.19. The zero-order chi connectivity index (χ0) is 11.8. The third-order valence-electron chi connectivity index (χ3n) is 4.37. The molecule has 4 heteroatoms. The van der Waals surface area contributed by atoms with Crippen LogP contribution in [0.5, 0.6) is 0 Å². The Hall–Kier alpha value is -0.870. The summed E-state index contributed by atoms with van der Waals surface area (Å²) in [5.74, 6) is 0.776. The Kier molecular flexibility index (Phi) is 2.92. The average Bonchev–Trinajstić information content (AvgIpc) is 2.98. The Morgan fingerprint density at radius 2 is 2.24 bits per heavy atom. The van der Waals surface area contributed by atoms with Crippen molar-refractivity contribution < 1.29 is 0 Å². The molecule has 1 aromatic heterocycles. The van der Waals surface area contributed by atoms with Crippen LogP contribution in [0.15, 0.2) is 6.33 Å². The quantitative estimate of drug-likeness (QED) is 0.806. The average molecular weight is 234 g/mol. The molecule has 2 unspecified atom stereocenters. The van der Waals surface area contributed by atoms with Gasteiger partial charge in [0.05, 0.1) is 23.8 Å². The van der Waals surface area contributed by atoms with Crippen LogP contribution in [-0.2, 0) is 13.5 Å². The summed E-state index contributed by atoms with van der Waals surface area (Å²) in [6.07, 6.45) is 8.38. The first-order valence-corrected chi connectivity index (χ1v) is 6.75. The summed E-state index contributed by atoms with van der Waals surface area (Å²) in [6.45, 7) is 0.708. The zero-order valence-corrected chi connectivity index (χ0v) is 10.5. The number of fused-ring (bicyclic) bond motifs is 1. The molecule has 3 rings (SSSR count). The molecule has 17 heavy (non-hydrogen) atoms. The van der Waals surface area contributed by atoms with Crippen LogP contribution in [0.2, 0.25) is 0 Å². The molecule has 0 saturated heterocycles. The monoisotopic (exact) mass is 234 g/mol. The van der Waals surface area contributed by atoms with Crippen molar-refractivity contribution in [2.75, 3.05) is 6.54 Å². The molecule has 2 atom stereocenters. The van der Waals surface area contributed by atoms with Gasteiger partial charge in [-0.3, -0.25) is 0 Å². The topological polar surface area (TPSA) is 55.9 Å². The molecule has 0 spiro atoms. The largest absolute Gasteiger partial charge is 0.336 e.